The number of hydrogen-bond donors (Lipinski definition) is 2. The summed E-state index contributed by atoms with van der Waals surface area (Å²) in [6, 6.07) is 3.38. The van der Waals surface area contributed by atoms with Gasteiger partial charge in [0.15, 0.2) is 0 Å². The zero-order chi connectivity index (χ0) is 10.0. The van der Waals surface area contributed by atoms with E-state index >= 15 is 0 Å². The van der Waals surface area contributed by atoms with E-state index in [1.165, 1.54) is 0 Å². The first-order valence-corrected chi connectivity index (χ1v) is 4.70. The molecular weight excluding hydrogens is 190 g/mol. The van der Waals surface area contributed by atoms with Crippen molar-refractivity contribution in [2.24, 2.45) is 0 Å². The van der Waals surface area contributed by atoms with Crippen LogP contribution in [0.25, 0.3) is 0 Å². The van der Waals surface area contributed by atoms with E-state index in [2.05, 4.69) is 0 Å². The van der Waals surface area contributed by atoms with Crippen molar-refractivity contribution in [1.82, 2.24) is 0 Å². The van der Waals surface area contributed by atoms with Crippen LogP contribution in [0.2, 0.25) is 0 Å². The molecule has 0 aromatic heterocycles. The third-order valence-corrected chi connectivity index (χ3v) is 1.95. The number of nitrogens with two attached hydrogens (primary N) is 1. The Morgan fingerprint density at radius 3 is 2.23 bits per heavy atom. The summed E-state index contributed by atoms with van der Waals surface area (Å²) in [6.45, 7) is 3.54. The molecule has 0 aliphatic rings. The summed E-state index contributed by atoms with van der Waals surface area (Å²) in [5.74, 6) is 0.412. The monoisotopic (exact) mass is 201 g/mol. The Kier molecular flexibility index (Phi) is 2.90. The van der Waals surface area contributed by atoms with Crippen molar-refractivity contribution >= 4 is 17.0 Å². The standard InChI is InChI=1S/C8H11NO3S/c1-5-3-7(9)4-6(2)8(5)12-13(10)11/h3-4H,9H2,1-2H3,(H,10,11). The highest BCUT2D eigenvalue weighted by Crippen LogP contribution is 2.26. The van der Waals surface area contributed by atoms with Gasteiger partial charge in [-0.25, -0.2) is 0 Å². The van der Waals surface area contributed by atoms with E-state index in [1.54, 1.807) is 26.0 Å². The Labute approximate surface area is 79.2 Å². The van der Waals surface area contributed by atoms with Gasteiger partial charge in [0.05, 0.1) is 0 Å². The van der Waals surface area contributed by atoms with Crippen LogP contribution in [-0.4, -0.2) is 8.76 Å². The van der Waals surface area contributed by atoms with E-state index < -0.39 is 11.4 Å². The van der Waals surface area contributed by atoms with Gasteiger partial charge in [-0.3, -0.25) is 4.55 Å². The quantitative estimate of drug-likeness (QED) is 0.560. The molecule has 1 unspecified atom stereocenters. The van der Waals surface area contributed by atoms with Gasteiger partial charge < -0.3 is 9.92 Å². The van der Waals surface area contributed by atoms with Crippen LogP contribution in [0.3, 0.4) is 0 Å². The van der Waals surface area contributed by atoms with Crippen LogP contribution in [0.5, 0.6) is 5.75 Å². The second kappa shape index (κ2) is 3.76. The van der Waals surface area contributed by atoms with Gasteiger partial charge >= 0.3 is 11.4 Å². The molecule has 0 saturated carbocycles. The van der Waals surface area contributed by atoms with E-state index in [0.29, 0.717) is 11.4 Å². The summed E-state index contributed by atoms with van der Waals surface area (Å²) in [5, 5.41) is 0. The van der Waals surface area contributed by atoms with Crippen molar-refractivity contribution in [1.29, 1.82) is 0 Å². The molecule has 13 heavy (non-hydrogen) atoms. The first-order valence-electron chi connectivity index (χ1n) is 3.66. The van der Waals surface area contributed by atoms with Gasteiger partial charge in [0.25, 0.3) is 0 Å². The molecule has 0 amide bonds. The first-order chi connectivity index (χ1) is 6.00. The highest BCUT2D eigenvalue weighted by atomic mass is 32.2. The predicted molar refractivity (Wildman–Crippen MR) is 51.7 cm³/mol. The maximum Gasteiger partial charge on any atom is 0.357 e. The zero-order valence-corrected chi connectivity index (χ0v) is 8.22. The summed E-state index contributed by atoms with van der Waals surface area (Å²) in [7, 11) is 0. The fourth-order valence-electron chi connectivity index (χ4n) is 1.19. The lowest BCUT2D eigenvalue weighted by Crippen LogP contribution is -2.01. The minimum atomic E-state index is -2.28. The van der Waals surface area contributed by atoms with Crippen LogP contribution >= 0.6 is 0 Å². The van der Waals surface area contributed by atoms with Gasteiger partial charge in [0, 0.05) is 5.69 Å². The maximum atomic E-state index is 10.4. The molecule has 1 atom stereocenters. The lowest BCUT2D eigenvalue weighted by Gasteiger charge is -2.08. The van der Waals surface area contributed by atoms with E-state index in [4.69, 9.17) is 14.5 Å². The average Bonchev–Trinajstić information content (AvgIpc) is 1.96. The number of anilines is 1. The minimum Gasteiger partial charge on any atom is -0.399 e. The second-order valence-corrected chi connectivity index (χ2v) is 3.39. The molecule has 1 aromatic rings. The molecule has 0 radical (unpaired) electrons. The lowest BCUT2D eigenvalue weighted by atomic mass is 10.1. The lowest BCUT2D eigenvalue weighted by molar-refractivity contribution is 0.455. The summed E-state index contributed by atoms with van der Waals surface area (Å²) < 4.78 is 23.7. The minimum absolute atomic E-state index is 0.412. The Bertz CT molecular complexity index is 328. The molecule has 0 spiro atoms. The fourth-order valence-corrected chi connectivity index (χ4v) is 1.59. The summed E-state index contributed by atoms with van der Waals surface area (Å²) in [5.41, 5.74) is 7.68. The number of benzene rings is 1. The van der Waals surface area contributed by atoms with Crippen LogP contribution in [0, 0.1) is 13.8 Å². The first kappa shape index (κ1) is 10.0. The summed E-state index contributed by atoms with van der Waals surface area (Å²) in [6.07, 6.45) is 0. The Hall–Kier alpha value is -1.07. The topological polar surface area (TPSA) is 72.5 Å². The molecule has 3 N–H and O–H groups in total. The molecule has 5 heteroatoms. The number of hydrogen-bond acceptors (Lipinski definition) is 3. The Balaban J connectivity index is 3.13. The highest BCUT2D eigenvalue weighted by Gasteiger charge is 2.07. The van der Waals surface area contributed by atoms with Gasteiger partial charge in [0.1, 0.15) is 5.75 Å². The number of rotatable bonds is 2. The molecule has 1 aromatic carbocycles. The van der Waals surface area contributed by atoms with Crippen molar-refractivity contribution in [2.75, 3.05) is 5.73 Å². The number of aryl methyl sites for hydroxylation is 2. The van der Waals surface area contributed by atoms with Crippen molar-refractivity contribution in [3.8, 4) is 5.75 Å². The van der Waals surface area contributed by atoms with Gasteiger partial charge in [-0.2, -0.15) is 4.21 Å². The van der Waals surface area contributed by atoms with E-state index in [-0.39, 0.29) is 0 Å². The average molecular weight is 201 g/mol. The van der Waals surface area contributed by atoms with Crippen LogP contribution in [0.15, 0.2) is 12.1 Å². The molecule has 72 valence electrons. The van der Waals surface area contributed by atoms with Crippen LogP contribution in [-0.2, 0) is 11.4 Å². The van der Waals surface area contributed by atoms with Gasteiger partial charge in [-0.15, -0.1) is 0 Å². The largest absolute Gasteiger partial charge is 0.399 e. The van der Waals surface area contributed by atoms with Crippen LogP contribution in [0.4, 0.5) is 5.69 Å². The smallest absolute Gasteiger partial charge is 0.357 e. The number of nitrogen functional groups attached to an aromatic ring is 1. The van der Waals surface area contributed by atoms with Crippen LogP contribution < -0.4 is 9.92 Å². The molecule has 0 aliphatic carbocycles. The molecule has 1 rings (SSSR count). The second-order valence-electron chi connectivity index (χ2n) is 2.78. The van der Waals surface area contributed by atoms with Gasteiger partial charge in [-0.1, -0.05) is 0 Å². The van der Waals surface area contributed by atoms with Gasteiger partial charge in [-0.05, 0) is 37.1 Å². The van der Waals surface area contributed by atoms with E-state index in [0.717, 1.165) is 11.1 Å². The molecule has 0 heterocycles. The predicted octanol–water partition coefficient (Wildman–Crippen LogP) is 1.40. The molecule has 0 saturated heterocycles. The van der Waals surface area contributed by atoms with E-state index in [9.17, 15) is 4.21 Å². The van der Waals surface area contributed by atoms with E-state index in [1.807, 2.05) is 0 Å². The molecule has 0 bridgehead atoms. The fraction of sp³-hybridized carbons (Fsp3) is 0.250. The normalized spacial score (nSPS) is 12.5. The third kappa shape index (κ3) is 2.43. The van der Waals surface area contributed by atoms with Crippen molar-refractivity contribution < 1.29 is 12.9 Å². The summed E-state index contributed by atoms with van der Waals surface area (Å²) in [4.78, 5) is 0. The van der Waals surface area contributed by atoms with Gasteiger partial charge in [0.2, 0.25) is 0 Å². The molecule has 0 aliphatic heterocycles. The Morgan fingerprint density at radius 1 is 1.38 bits per heavy atom. The SMILES string of the molecule is Cc1cc(N)cc(C)c1OS(=O)O. The maximum absolute atomic E-state index is 10.4. The van der Waals surface area contributed by atoms with Crippen molar-refractivity contribution in [3.05, 3.63) is 23.3 Å². The zero-order valence-electron chi connectivity index (χ0n) is 7.40. The summed E-state index contributed by atoms with van der Waals surface area (Å²) >= 11 is -2.28. The molecule has 4 nitrogen and oxygen atoms in total. The Morgan fingerprint density at radius 2 is 1.85 bits per heavy atom. The van der Waals surface area contributed by atoms with Crippen molar-refractivity contribution in [2.45, 2.75) is 13.8 Å². The third-order valence-electron chi connectivity index (χ3n) is 1.64. The molecular formula is C8H11NO3S. The van der Waals surface area contributed by atoms with Crippen LogP contribution in [0.1, 0.15) is 11.1 Å². The highest BCUT2D eigenvalue weighted by molar-refractivity contribution is 7.74. The van der Waals surface area contributed by atoms with Crippen molar-refractivity contribution in [3.63, 3.8) is 0 Å². The molecule has 0 fully saturated rings.